The van der Waals surface area contributed by atoms with E-state index in [0.717, 1.165) is 30.3 Å². The number of rotatable bonds is 2. The molecule has 0 saturated carbocycles. The fourth-order valence-corrected chi connectivity index (χ4v) is 2.71. The predicted molar refractivity (Wildman–Crippen MR) is 65.5 cm³/mol. The lowest BCUT2D eigenvalue weighted by molar-refractivity contribution is 0.0823. The Morgan fingerprint density at radius 2 is 2.38 bits per heavy atom. The summed E-state index contributed by atoms with van der Waals surface area (Å²) < 4.78 is 2.40. The monoisotopic (exact) mass is 285 g/mol. The second kappa shape index (κ2) is 4.30. The summed E-state index contributed by atoms with van der Waals surface area (Å²) in [6, 6.07) is 0. The Morgan fingerprint density at radius 1 is 1.62 bits per heavy atom. The van der Waals surface area contributed by atoms with Crippen molar-refractivity contribution in [1.82, 2.24) is 15.1 Å². The Bertz CT molecular complexity index is 388. The smallest absolute Gasteiger partial charge is 0.201 e. The number of ketones is 1. The zero-order chi connectivity index (χ0) is 11.8. The summed E-state index contributed by atoms with van der Waals surface area (Å²) in [4.78, 5) is 12.5. The van der Waals surface area contributed by atoms with Crippen LogP contribution in [0.25, 0.3) is 0 Å². The number of aromatic nitrogens is 2. The van der Waals surface area contributed by atoms with E-state index < -0.39 is 5.54 Å². The van der Waals surface area contributed by atoms with Crippen LogP contribution in [0.1, 0.15) is 36.7 Å². The fourth-order valence-electron chi connectivity index (χ4n) is 2.18. The van der Waals surface area contributed by atoms with Gasteiger partial charge in [-0.2, -0.15) is 5.10 Å². The first-order valence-electron chi connectivity index (χ1n) is 5.52. The van der Waals surface area contributed by atoms with Crippen LogP contribution in [0.2, 0.25) is 0 Å². The Morgan fingerprint density at radius 3 is 2.88 bits per heavy atom. The van der Waals surface area contributed by atoms with Crippen molar-refractivity contribution in [3.63, 3.8) is 0 Å². The number of carbonyl (C=O) groups is 1. The number of halogens is 1. The summed E-state index contributed by atoms with van der Waals surface area (Å²) >= 11 is 3.38. The van der Waals surface area contributed by atoms with Gasteiger partial charge in [0, 0.05) is 7.05 Å². The number of nitrogens with one attached hydrogen (secondary N) is 1. The highest BCUT2D eigenvalue weighted by molar-refractivity contribution is 9.10. The molecule has 16 heavy (non-hydrogen) atoms. The van der Waals surface area contributed by atoms with Crippen LogP contribution in [-0.4, -0.2) is 27.6 Å². The standard InChI is InChI=1S/C11H16BrN3O/c1-11(5-3-4-6-13-11)10(16)9-8(12)7-14-15(9)2/h7,13H,3-6H2,1-2H3. The molecule has 2 heterocycles. The minimum Gasteiger partial charge on any atom is -0.305 e. The molecular weight excluding hydrogens is 270 g/mol. The zero-order valence-electron chi connectivity index (χ0n) is 9.59. The molecule has 5 heteroatoms. The van der Waals surface area contributed by atoms with Gasteiger partial charge in [-0.1, -0.05) is 0 Å². The third-order valence-electron chi connectivity index (χ3n) is 3.23. The molecule has 1 aromatic rings. The third kappa shape index (κ3) is 1.94. The van der Waals surface area contributed by atoms with Crippen molar-refractivity contribution in [2.24, 2.45) is 7.05 Å². The summed E-state index contributed by atoms with van der Waals surface area (Å²) in [6.07, 6.45) is 4.81. The van der Waals surface area contributed by atoms with Gasteiger partial charge in [0.1, 0.15) is 5.69 Å². The minimum atomic E-state index is -0.436. The number of nitrogens with zero attached hydrogens (tertiary/aromatic N) is 2. The molecule has 1 fully saturated rings. The van der Waals surface area contributed by atoms with Crippen molar-refractivity contribution in [1.29, 1.82) is 0 Å². The second-order valence-corrected chi connectivity index (χ2v) is 5.36. The van der Waals surface area contributed by atoms with E-state index in [1.165, 1.54) is 0 Å². The summed E-state index contributed by atoms with van der Waals surface area (Å²) in [5, 5.41) is 7.41. The number of hydrogen-bond donors (Lipinski definition) is 1. The quantitative estimate of drug-likeness (QED) is 0.845. The van der Waals surface area contributed by atoms with E-state index in [0.29, 0.717) is 5.69 Å². The average molecular weight is 286 g/mol. The molecule has 1 saturated heterocycles. The number of hydrogen-bond acceptors (Lipinski definition) is 3. The maximum Gasteiger partial charge on any atom is 0.201 e. The van der Waals surface area contributed by atoms with E-state index in [1.54, 1.807) is 17.9 Å². The molecule has 0 radical (unpaired) electrons. The first-order valence-corrected chi connectivity index (χ1v) is 6.31. The molecule has 0 spiro atoms. The normalized spacial score (nSPS) is 25.7. The molecule has 1 aromatic heterocycles. The minimum absolute atomic E-state index is 0.124. The van der Waals surface area contributed by atoms with Crippen LogP contribution in [0, 0.1) is 0 Å². The van der Waals surface area contributed by atoms with Gasteiger partial charge in [0.2, 0.25) is 5.78 Å². The van der Waals surface area contributed by atoms with Gasteiger partial charge in [-0.15, -0.1) is 0 Å². The molecule has 4 nitrogen and oxygen atoms in total. The first-order chi connectivity index (χ1) is 7.54. The molecule has 1 aliphatic rings. The van der Waals surface area contributed by atoms with Crippen LogP contribution in [-0.2, 0) is 7.05 Å². The lowest BCUT2D eigenvalue weighted by Gasteiger charge is -2.33. The number of piperidine rings is 1. The van der Waals surface area contributed by atoms with E-state index in [1.807, 2.05) is 6.92 Å². The Balaban J connectivity index is 2.31. The van der Waals surface area contributed by atoms with Crippen LogP contribution in [0.3, 0.4) is 0 Å². The Hall–Kier alpha value is -0.680. The van der Waals surface area contributed by atoms with Crippen molar-refractivity contribution in [2.45, 2.75) is 31.7 Å². The average Bonchev–Trinajstić information content (AvgIpc) is 2.59. The zero-order valence-corrected chi connectivity index (χ0v) is 11.2. The molecule has 2 rings (SSSR count). The molecule has 0 aromatic carbocycles. The van der Waals surface area contributed by atoms with Crippen molar-refractivity contribution in [2.75, 3.05) is 6.54 Å². The largest absolute Gasteiger partial charge is 0.305 e. The van der Waals surface area contributed by atoms with Gasteiger partial charge in [-0.25, -0.2) is 0 Å². The van der Waals surface area contributed by atoms with E-state index in [-0.39, 0.29) is 5.78 Å². The number of aryl methyl sites for hydroxylation is 1. The lowest BCUT2D eigenvalue weighted by atomic mass is 9.85. The molecule has 1 unspecified atom stereocenters. The molecule has 0 bridgehead atoms. The van der Waals surface area contributed by atoms with E-state index >= 15 is 0 Å². The summed E-state index contributed by atoms with van der Waals surface area (Å²) in [7, 11) is 1.80. The highest BCUT2D eigenvalue weighted by Gasteiger charge is 2.37. The van der Waals surface area contributed by atoms with Gasteiger partial charge in [0.05, 0.1) is 16.2 Å². The highest BCUT2D eigenvalue weighted by atomic mass is 79.9. The maximum absolute atomic E-state index is 12.5. The molecule has 1 aliphatic heterocycles. The SMILES string of the molecule is Cn1ncc(Br)c1C(=O)C1(C)CCCCN1. The molecule has 0 aliphatic carbocycles. The number of carbonyl (C=O) groups excluding carboxylic acids is 1. The first kappa shape index (κ1) is 11.8. The highest BCUT2D eigenvalue weighted by Crippen LogP contribution is 2.26. The van der Waals surface area contributed by atoms with E-state index in [4.69, 9.17) is 0 Å². The predicted octanol–water partition coefficient (Wildman–Crippen LogP) is 1.90. The fraction of sp³-hybridized carbons (Fsp3) is 0.636. The Kier molecular flexibility index (Phi) is 3.17. The van der Waals surface area contributed by atoms with Gasteiger partial charge >= 0.3 is 0 Å². The lowest BCUT2D eigenvalue weighted by Crippen LogP contribution is -2.52. The maximum atomic E-state index is 12.5. The molecule has 1 atom stereocenters. The van der Waals surface area contributed by atoms with Crippen molar-refractivity contribution >= 4 is 21.7 Å². The number of Topliss-reactive ketones (excluding diaryl/α,β-unsaturated/α-hetero) is 1. The van der Waals surface area contributed by atoms with Crippen LogP contribution < -0.4 is 5.32 Å². The summed E-state index contributed by atoms with van der Waals surface area (Å²) in [6.45, 7) is 2.89. The molecule has 1 N–H and O–H groups in total. The molecular formula is C11H16BrN3O. The van der Waals surface area contributed by atoms with Crippen molar-refractivity contribution in [3.8, 4) is 0 Å². The topological polar surface area (TPSA) is 46.9 Å². The van der Waals surface area contributed by atoms with Crippen LogP contribution >= 0.6 is 15.9 Å². The third-order valence-corrected chi connectivity index (χ3v) is 3.81. The van der Waals surface area contributed by atoms with E-state index in [2.05, 4.69) is 26.3 Å². The van der Waals surface area contributed by atoms with Crippen LogP contribution in [0.4, 0.5) is 0 Å². The van der Waals surface area contributed by atoms with Crippen molar-refractivity contribution < 1.29 is 4.79 Å². The van der Waals surface area contributed by atoms with Crippen LogP contribution in [0.15, 0.2) is 10.7 Å². The Labute approximate surface area is 104 Å². The second-order valence-electron chi connectivity index (χ2n) is 4.51. The van der Waals surface area contributed by atoms with Crippen molar-refractivity contribution in [3.05, 3.63) is 16.4 Å². The summed E-state index contributed by atoms with van der Waals surface area (Å²) in [5.74, 6) is 0.124. The molecule has 0 amide bonds. The van der Waals surface area contributed by atoms with Gasteiger partial charge in [0.15, 0.2) is 0 Å². The van der Waals surface area contributed by atoms with E-state index in [9.17, 15) is 4.79 Å². The van der Waals surface area contributed by atoms with Crippen LogP contribution in [0.5, 0.6) is 0 Å². The van der Waals surface area contributed by atoms with Gasteiger partial charge in [-0.3, -0.25) is 9.48 Å². The van der Waals surface area contributed by atoms with Gasteiger partial charge < -0.3 is 5.32 Å². The van der Waals surface area contributed by atoms with Gasteiger partial charge in [-0.05, 0) is 48.7 Å². The van der Waals surface area contributed by atoms with Gasteiger partial charge in [0.25, 0.3) is 0 Å². The summed E-state index contributed by atoms with van der Waals surface area (Å²) in [5.41, 5.74) is 0.214. The molecule has 88 valence electrons.